The fourth-order valence-electron chi connectivity index (χ4n) is 3.07. The van der Waals surface area contributed by atoms with Crippen molar-refractivity contribution in [2.45, 2.75) is 19.1 Å². The quantitative estimate of drug-likeness (QED) is 0.644. The van der Waals surface area contributed by atoms with Gasteiger partial charge in [-0.1, -0.05) is 45.4 Å². The van der Waals surface area contributed by atoms with Crippen molar-refractivity contribution >= 4 is 38.8 Å². The summed E-state index contributed by atoms with van der Waals surface area (Å²) < 4.78 is 1.80. The number of nitrogens with one attached hydrogen (secondary N) is 1. The Labute approximate surface area is 161 Å². The van der Waals surface area contributed by atoms with Crippen LogP contribution in [0, 0.1) is 0 Å². The number of imide groups is 1. The normalized spacial score (nSPS) is 19.6. The molecule has 2 heterocycles. The van der Waals surface area contributed by atoms with Crippen LogP contribution in [0.4, 0.5) is 4.79 Å². The van der Waals surface area contributed by atoms with Gasteiger partial charge in [0.05, 0.1) is 5.39 Å². The molecule has 1 N–H and O–H groups in total. The third-order valence-corrected chi connectivity index (χ3v) is 5.07. The number of benzene rings is 2. The Morgan fingerprint density at radius 2 is 1.89 bits per heavy atom. The van der Waals surface area contributed by atoms with Crippen molar-refractivity contribution in [3.63, 3.8) is 0 Å². The van der Waals surface area contributed by atoms with Crippen molar-refractivity contribution in [2.24, 2.45) is 0 Å². The zero-order valence-corrected chi connectivity index (χ0v) is 15.8. The van der Waals surface area contributed by atoms with Crippen molar-refractivity contribution < 1.29 is 9.59 Å². The standard InChI is InChI=1S/C18H14BrN5O3/c1-18(11-5-4-6-12(19)9-11)16(26)23(17(27)20-18)10-24-15(25)13-7-2-3-8-14(13)21-22-24/h2-9H,10H2,1H3,(H,20,27)/t18-/m1/s1. The maximum absolute atomic E-state index is 13.0. The van der Waals surface area contributed by atoms with Gasteiger partial charge in [0.25, 0.3) is 11.5 Å². The first-order chi connectivity index (χ1) is 12.9. The number of halogens is 1. The van der Waals surface area contributed by atoms with Gasteiger partial charge in [0.15, 0.2) is 0 Å². The number of amides is 3. The van der Waals surface area contributed by atoms with E-state index in [-0.39, 0.29) is 6.67 Å². The van der Waals surface area contributed by atoms with E-state index >= 15 is 0 Å². The Kier molecular flexibility index (Phi) is 4.03. The number of carbonyl (C=O) groups is 2. The molecule has 0 bridgehead atoms. The van der Waals surface area contributed by atoms with Crippen LogP contribution in [0.2, 0.25) is 0 Å². The largest absolute Gasteiger partial charge is 0.326 e. The van der Waals surface area contributed by atoms with Crippen LogP contribution in [0.5, 0.6) is 0 Å². The molecule has 0 radical (unpaired) electrons. The molecule has 136 valence electrons. The van der Waals surface area contributed by atoms with Crippen molar-refractivity contribution in [1.82, 2.24) is 25.2 Å². The second-order valence-corrected chi connectivity index (χ2v) is 7.27. The summed E-state index contributed by atoms with van der Waals surface area (Å²) in [6.07, 6.45) is 0. The van der Waals surface area contributed by atoms with Gasteiger partial charge in [0, 0.05) is 4.47 Å². The minimum Gasteiger partial charge on any atom is -0.319 e. The molecule has 2 aromatic carbocycles. The Morgan fingerprint density at radius 1 is 1.11 bits per heavy atom. The first-order valence-electron chi connectivity index (χ1n) is 8.13. The van der Waals surface area contributed by atoms with Gasteiger partial charge in [0.1, 0.15) is 17.7 Å². The van der Waals surface area contributed by atoms with Gasteiger partial charge >= 0.3 is 6.03 Å². The van der Waals surface area contributed by atoms with Crippen LogP contribution in [0.1, 0.15) is 12.5 Å². The topological polar surface area (TPSA) is 97.2 Å². The molecule has 1 saturated heterocycles. The summed E-state index contributed by atoms with van der Waals surface area (Å²) in [7, 11) is 0. The first-order valence-corrected chi connectivity index (χ1v) is 8.92. The number of carbonyl (C=O) groups excluding carboxylic acids is 2. The van der Waals surface area contributed by atoms with E-state index in [1.165, 1.54) is 0 Å². The van der Waals surface area contributed by atoms with E-state index in [1.807, 2.05) is 6.07 Å². The number of hydrogen-bond donors (Lipinski definition) is 1. The minimum absolute atomic E-state index is 0.315. The summed E-state index contributed by atoms with van der Waals surface area (Å²) in [5.74, 6) is -0.465. The molecule has 1 aromatic heterocycles. The lowest BCUT2D eigenvalue weighted by Gasteiger charge is -2.22. The van der Waals surface area contributed by atoms with E-state index in [0.29, 0.717) is 16.5 Å². The summed E-state index contributed by atoms with van der Waals surface area (Å²) >= 11 is 3.37. The number of aromatic nitrogens is 3. The molecule has 9 heteroatoms. The van der Waals surface area contributed by atoms with E-state index in [0.717, 1.165) is 14.1 Å². The number of urea groups is 1. The van der Waals surface area contributed by atoms with Crippen molar-refractivity contribution in [2.75, 3.05) is 0 Å². The molecule has 1 aliphatic rings. The molecule has 0 unspecified atom stereocenters. The number of rotatable bonds is 3. The third kappa shape index (κ3) is 2.80. The van der Waals surface area contributed by atoms with Gasteiger partial charge in [-0.15, -0.1) is 5.10 Å². The number of nitrogens with zero attached hydrogens (tertiary/aromatic N) is 4. The zero-order valence-electron chi connectivity index (χ0n) is 14.2. The smallest absolute Gasteiger partial charge is 0.319 e. The van der Waals surface area contributed by atoms with Crippen LogP contribution in [0.15, 0.2) is 57.8 Å². The van der Waals surface area contributed by atoms with Crippen LogP contribution >= 0.6 is 15.9 Å². The molecule has 3 aromatic rings. The Morgan fingerprint density at radius 3 is 2.67 bits per heavy atom. The molecule has 0 saturated carbocycles. The molecule has 27 heavy (non-hydrogen) atoms. The molecule has 8 nitrogen and oxygen atoms in total. The molecule has 1 atom stereocenters. The average Bonchev–Trinajstić information content (AvgIpc) is 2.88. The maximum atomic E-state index is 13.0. The maximum Gasteiger partial charge on any atom is 0.326 e. The van der Waals surface area contributed by atoms with Gasteiger partial charge < -0.3 is 5.32 Å². The van der Waals surface area contributed by atoms with Gasteiger partial charge in [-0.25, -0.2) is 9.69 Å². The first kappa shape index (κ1) is 17.3. The Bertz CT molecular complexity index is 1150. The van der Waals surface area contributed by atoms with Crippen molar-refractivity contribution in [1.29, 1.82) is 0 Å². The molecule has 3 amide bonds. The average molecular weight is 428 g/mol. The lowest BCUT2D eigenvalue weighted by atomic mass is 9.92. The van der Waals surface area contributed by atoms with E-state index in [1.54, 1.807) is 49.4 Å². The number of fused-ring (bicyclic) bond motifs is 1. The fraction of sp³-hybridized carbons (Fsp3) is 0.167. The summed E-state index contributed by atoms with van der Waals surface area (Å²) in [5.41, 5.74) is -0.559. The van der Waals surface area contributed by atoms with Gasteiger partial charge in [-0.05, 0) is 36.8 Å². The molecular weight excluding hydrogens is 414 g/mol. The molecule has 0 spiro atoms. The van der Waals surface area contributed by atoms with Crippen molar-refractivity contribution in [3.05, 3.63) is 68.9 Å². The van der Waals surface area contributed by atoms with E-state index < -0.39 is 23.0 Å². The van der Waals surface area contributed by atoms with Gasteiger partial charge in [-0.3, -0.25) is 9.59 Å². The van der Waals surface area contributed by atoms with Crippen LogP contribution in [-0.2, 0) is 17.0 Å². The highest BCUT2D eigenvalue weighted by Crippen LogP contribution is 2.30. The third-order valence-electron chi connectivity index (χ3n) is 4.58. The highest BCUT2D eigenvalue weighted by Gasteiger charge is 2.49. The highest BCUT2D eigenvalue weighted by molar-refractivity contribution is 9.10. The second kappa shape index (κ2) is 6.27. The summed E-state index contributed by atoms with van der Waals surface area (Å²) in [4.78, 5) is 39.0. The minimum atomic E-state index is -1.23. The van der Waals surface area contributed by atoms with E-state index in [9.17, 15) is 14.4 Å². The molecular formula is C18H14BrN5O3. The van der Waals surface area contributed by atoms with Crippen LogP contribution in [0.25, 0.3) is 10.9 Å². The fourth-order valence-corrected chi connectivity index (χ4v) is 3.47. The molecule has 1 aliphatic heterocycles. The monoisotopic (exact) mass is 427 g/mol. The molecule has 0 aliphatic carbocycles. The summed E-state index contributed by atoms with van der Waals surface area (Å²) in [5, 5.41) is 10.9. The molecule has 1 fully saturated rings. The highest BCUT2D eigenvalue weighted by atomic mass is 79.9. The Hall–Kier alpha value is -3.07. The summed E-state index contributed by atoms with van der Waals surface area (Å²) in [6.45, 7) is 1.31. The van der Waals surface area contributed by atoms with Crippen LogP contribution in [0.3, 0.4) is 0 Å². The lowest BCUT2D eigenvalue weighted by molar-refractivity contribution is -0.132. The molecule has 4 rings (SSSR count). The SMILES string of the molecule is C[C@]1(c2cccc(Br)c2)NC(=O)N(Cn2nnc3ccccc3c2=O)C1=O. The lowest BCUT2D eigenvalue weighted by Crippen LogP contribution is -2.42. The predicted octanol–water partition coefficient (Wildman–Crippen LogP) is 1.98. The van der Waals surface area contributed by atoms with E-state index in [4.69, 9.17) is 0 Å². The van der Waals surface area contributed by atoms with Crippen LogP contribution < -0.4 is 10.9 Å². The van der Waals surface area contributed by atoms with Gasteiger partial charge in [0.2, 0.25) is 0 Å². The van der Waals surface area contributed by atoms with E-state index in [2.05, 4.69) is 31.6 Å². The zero-order chi connectivity index (χ0) is 19.2. The predicted molar refractivity (Wildman–Crippen MR) is 101 cm³/mol. The van der Waals surface area contributed by atoms with Gasteiger partial charge in [-0.2, -0.15) is 4.68 Å². The van der Waals surface area contributed by atoms with Crippen molar-refractivity contribution in [3.8, 4) is 0 Å². The summed E-state index contributed by atoms with van der Waals surface area (Å²) in [6, 6.07) is 13.3. The second-order valence-electron chi connectivity index (χ2n) is 6.35. The Balaban J connectivity index is 1.69. The number of hydrogen-bond acceptors (Lipinski definition) is 5. The van der Waals surface area contributed by atoms with Crippen LogP contribution in [-0.4, -0.2) is 31.8 Å².